The SMILES string of the molecule is C=Cc1c(C)c2cc3[nH]c(cc4nc(cc5nc(cc1[nH]2)C(C)=C5CCC(=O)OC)C(CCC)=C4C)c(C)c3C=C. The van der Waals surface area contributed by atoms with E-state index < -0.39 is 0 Å². The van der Waals surface area contributed by atoms with Crippen molar-refractivity contribution in [2.45, 2.75) is 60.3 Å². The lowest BCUT2D eigenvalue weighted by Crippen LogP contribution is -2.00. The molecule has 210 valence electrons. The van der Waals surface area contributed by atoms with Crippen molar-refractivity contribution in [1.29, 1.82) is 0 Å². The molecule has 0 saturated heterocycles. The van der Waals surface area contributed by atoms with Crippen LogP contribution in [-0.2, 0) is 9.53 Å². The lowest BCUT2D eigenvalue weighted by atomic mass is 9.98. The summed E-state index contributed by atoms with van der Waals surface area (Å²) < 4.78 is 4.95. The van der Waals surface area contributed by atoms with Gasteiger partial charge in [0.05, 0.1) is 29.9 Å². The predicted molar refractivity (Wildman–Crippen MR) is 172 cm³/mol. The summed E-state index contributed by atoms with van der Waals surface area (Å²) in [5, 5.41) is 0. The Hall–Kier alpha value is -4.45. The van der Waals surface area contributed by atoms with Crippen LogP contribution in [0.25, 0.3) is 56.5 Å². The number of nitrogens with one attached hydrogen (secondary N) is 2. The Morgan fingerprint density at radius 3 is 1.76 bits per heavy atom. The summed E-state index contributed by atoms with van der Waals surface area (Å²) in [6.45, 7) is 18.8. The number of aromatic amines is 2. The number of carbonyl (C=O) groups excluding carboxylic acids is 1. The number of nitrogens with zero attached hydrogens (tertiary/aromatic N) is 2. The Balaban J connectivity index is 1.93. The minimum Gasteiger partial charge on any atom is -0.469 e. The highest BCUT2D eigenvalue weighted by Gasteiger charge is 2.22. The summed E-state index contributed by atoms with van der Waals surface area (Å²) >= 11 is 0. The second-order valence-electron chi connectivity index (χ2n) is 10.8. The van der Waals surface area contributed by atoms with Gasteiger partial charge in [-0.2, -0.15) is 0 Å². The van der Waals surface area contributed by atoms with Crippen LogP contribution in [0.3, 0.4) is 0 Å². The average Bonchev–Trinajstić information content (AvgIpc) is 3.61. The highest BCUT2D eigenvalue weighted by molar-refractivity contribution is 5.96. The topological polar surface area (TPSA) is 83.7 Å². The molecule has 0 spiro atoms. The van der Waals surface area contributed by atoms with Gasteiger partial charge in [0.25, 0.3) is 0 Å². The zero-order valence-corrected chi connectivity index (χ0v) is 24.9. The van der Waals surface area contributed by atoms with Crippen LogP contribution in [0.2, 0.25) is 0 Å². The van der Waals surface area contributed by atoms with Crippen molar-refractivity contribution in [2.24, 2.45) is 0 Å². The Labute approximate surface area is 241 Å². The number of esters is 1. The number of aromatic nitrogens is 4. The molecule has 5 heterocycles. The second kappa shape index (κ2) is 11.2. The highest BCUT2D eigenvalue weighted by atomic mass is 16.5. The van der Waals surface area contributed by atoms with Crippen molar-refractivity contribution in [1.82, 2.24) is 19.9 Å². The van der Waals surface area contributed by atoms with Crippen molar-refractivity contribution < 1.29 is 9.53 Å². The third kappa shape index (κ3) is 4.99. The van der Waals surface area contributed by atoms with E-state index in [1.165, 1.54) is 18.3 Å². The number of methoxy groups -OCH3 is 1. The number of ether oxygens (including phenoxy) is 1. The molecule has 0 fully saturated rings. The maximum Gasteiger partial charge on any atom is 0.305 e. The van der Waals surface area contributed by atoms with Gasteiger partial charge in [-0.15, -0.1) is 0 Å². The fourth-order valence-corrected chi connectivity index (χ4v) is 5.88. The van der Waals surface area contributed by atoms with Gasteiger partial charge < -0.3 is 14.7 Å². The van der Waals surface area contributed by atoms with Gasteiger partial charge in [0, 0.05) is 39.6 Å². The van der Waals surface area contributed by atoms with E-state index in [4.69, 9.17) is 14.7 Å². The summed E-state index contributed by atoms with van der Waals surface area (Å²) in [5.41, 5.74) is 16.3. The van der Waals surface area contributed by atoms with Gasteiger partial charge in [-0.25, -0.2) is 9.97 Å². The molecule has 0 amide bonds. The van der Waals surface area contributed by atoms with Crippen molar-refractivity contribution >= 4 is 62.5 Å². The number of hydrogen-bond donors (Lipinski definition) is 2. The van der Waals surface area contributed by atoms with Crippen LogP contribution in [0.15, 0.2) is 37.4 Å². The first-order valence-corrected chi connectivity index (χ1v) is 14.2. The molecule has 6 heteroatoms. The first-order chi connectivity index (χ1) is 19.7. The number of hydrogen-bond acceptors (Lipinski definition) is 4. The molecule has 0 radical (unpaired) electrons. The number of H-pyrrole nitrogens is 2. The first kappa shape index (κ1) is 28.1. The number of carbonyl (C=O) groups is 1. The zero-order chi connectivity index (χ0) is 29.4. The van der Waals surface area contributed by atoms with Gasteiger partial charge >= 0.3 is 5.97 Å². The lowest BCUT2D eigenvalue weighted by molar-refractivity contribution is -0.140. The van der Waals surface area contributed by atoms with Crippen molar-refractivity contribution in [3.63, 3.8) is 0 Å². The van der Waals surface area contributed by atoms with Gasteiger partial charge in [0.15, 0.2) is 0 Å². The van der Waals surface area contributed by atoms with Crippen LogP contribution >= 0.6 is 0 Å². The standard InChI is InChI=1S/C35H38N4O2/c1-9-12-25-21(6)28-15-27-19(4)23(10-2)31(36-27)16-29-20(5)24(11-3)32(37-29)17-30-22(7)26(13-14-35(40)41-8)34(39-30)18-33(25)38-28/h10-11,15-18,36-37H,2-3,9,12-14H2,1,4-8H3. The molecule has 3 aromatic rings. The van der Waals surface area contributed by atoms with E-state index in [9.17, 15) is 4.79 Å². The smallest absolute Gasteiger partial charge is 0.305 e. The Bertz CT molecular complexity index is 1830. The normalized spacial score (nSPS) is 13.1. The van der Waals surface area contributed by atoms with Crippen LogP contribution in [-0.4, -0.2) is 33.0 Å². The van der Waals surface area contributed by atoms with Crippen LogP contribution in [0.1, 0.15) is 91.5 Å². The van der Waals surface area contributed by atoms with E-state index >= 15 is 0 Å². The molecular formula is C35H38N4O2. The molecule has 0 unspecified atom stereocenters. The third-order valence-electron chi connectivity index (χ3n) is 8.35. The first-order valence-electron chi connectivity index (χ1n) is 14.2. The second-order valence-corrected chi connectivity index (χ2v) is 10.8. The van der Waals surface area contributed by atoms with Crippen molar-refractivity contribution in [3.8, 4) is 0 Å². The van der Waals surface area contributed by atoms with E-state index in [1.807, 2.05) is 12.2 Å². The number of aryl methyl sites for hydroxylation is 2. The summed E-state index contributed by atoms with van der Waals surface area (Å²) in [4.78, 5) is 29.6. The Kier molecular flexibility index (Phi) is 7.68. The molecule has 0 atom stereocenters. The molecule has 3 aromatic heterocycles. The average molecular weight is 547 g/mol. The maximum absolute atomic E-state index is 12.1. The largest absolute Gasteiger partial charge is 0.469 e. The lowest BCUT2D eigenvalue weighted by Gasteiger charge is -2.05. The molecule has 5 rings (SSSR count). The molecule has 2 N–H and O–H groups in total. The van der Waals surface area contributed by atoms with Crippen LogP contribution in [0.4, 0.5) is 0 Å². The third-order valence-corrected chi connectivity index (χ3v) is 8.35. The van der Waals surface area contributed by atoms with E-state index in [0.29, 0.717) is 6.42 Å². The molecular weight excluding hydrogens is 508 g/mol. The van der Waals surface area contributed by atoms with Crippen molar-refractivity contribution in [3.05, 3.63) is 82.5 Å². The fraction of sp³-hybridized carbons (Fsp3) is 0.286. The molecule has 8 bridgehead atoms. The molecule has 2 aliphatic rings. The van der Waals surface area contributed by atoms with E-state index in [0.717, 1.165) is 91.1 Å². The molecule has 2 aliphatic heterocycles. The van der Waals surface area contributed by atoms with Gasteiger partial charge in [0.1, 0.15) is 0 Å². The summed E-state index contributed by atoms with van der Waals surface area (Å²) in [6, 6.07) is 8.45. The fourth-order valence-electron chi connectivity index (χ4n) is 5.88. The zero-order valence-electron chi connectivity index (χ0n) is 24.9. The Morgan fingerprint density at radius 1 is 0.756 bits per heavy atom. The molecule has 41 heavy (non-hydrogen) atoms. The number of rotatable bonds is 7. The molecule has 0 aliphatic carbocycles. The van der Waals surface area contributed by atoms with Crippen LogP contribution in [0.5, 0.6) is 0 Å². The monoisotopic (exact) mass is 546 g/mol. The van der Waals surface area contributed by atoms with Crippen LogP contribution < -0.4 is 0 Å². The summed E-state index contributed by atoms with van der Waals surface area (Å²) in [7, 11) is 1.43. The van der Waals surface area contributed by atoms with Gasteiger partial charge in [-0.3, -0.25) is 4.79 Å². The van der Waals surface area contributed by atoms with E-state index in [1.54, 1.807) is 0 Å². The minimum absolute atomic E-state index is 0.236. The predicted octanol–water partition coefficient (Wildman–Crippen LogP) is 8.83. The Morgan fingerprint density at radius 2 is 1.24 bits per heavy atom. The number of allylic oxidation sites excluding steroid dienone is 4. The van der Waals surface area contributed by atoms with Crippen molar-refractivity contribution in [2.75, 3.05) is 7.11 Å². The number of fused-ring (bicyclic) bond motifs is 8. The molecule has 6 nitrogen and oxygen atoms in total. The van der Waals surface area contributed by atoms with Gasteiger partial charge in [-0.1, -0.05) is 38.7 Å². The molecule has 0 aromatic carbocycles. The summed E-state index contributed by atoms with van der Waals surface area (Å²) in [5.74, 6) is -0.236. The van der Waals surface area contributed by atoms with Crippen LogP contribution in [0, 0.1) is 13.8 Å². The minimum atomic E-state index is -0.236. The summed E-state index contributed by atoms with van der Waals surface area (Å²) in [6.07, 6.45) is 6.55. The maximum atomic E-state index is 12.1. The van der Waals surface area contributed by atoms with E-state index in [2.05, 4.69) is 82.0 Å². The van der Waals surface area contributed by atoms with Gasteiger partial charge in [-0.05, 0) is 98.2 Å². The van der Waals surface area contributed by atoms with Gasteiger partial charge in [0.2, 0.25) is 0 Å². The van der Waals surface area contributed by atoms with E-state index in [-0.39, 0.29) is 12.4 Å². The molecule has 0 saturated carbocycles. The highest BCUT2D eigenvalue weighted by Crippen LogP contribution is 2.38. The quantitative estimate of drug-likeness (QED) is 0.290.